The van der Waals surface area contributed by atoms with Crippen LogP contribution in [0, 0.1) is 6.92 Å². The highest BCUT2D eigenvalue weighted by molar-refractivity contribution is 4.95. The predicted octanol–water partition coefficient (Wildman–Crippen LogP) is 1.36. The summed E-state index contributed by atoms with van der Waals surface area (Å²) in [7, 11) is 1.69. The maximum Gasteiger partial charge on any atom is 0.153 e. The zero-order chi connectivity index (χ0) is 9.84. The molecule has 0 N–H and O–H groups in total. The van der Waals surface area contributed by atoms with Gasteiger partial charge in [-0.05, 0) is 6.92 Å². The fraction of sp³-hybridized carbons (Fsp3) is 0.778. The number of aromatic nitrogens is 3. The third kappa shape index (κ3) is 2.52. The van der Waals surface area contributed by atoms with Gasteiger partial charge in [-0.2, -0.15) is 5.10 Å². The number of hydrogen-bond donors (Lipinski definition) is 0. The molecule has 0 saturated heterocycles. The minimum Gasteiger partial charge on any atom is -0.383 e. The Labute approximate surface area is 78.9 Å². The topological polar surface area (TPSA) is 39.9 Å². The van der Waals surface area contributed by atoms with Crippen LogP contribution in [-0.4, -0.2) is 28.5 Å². The quantitative estimate of drug-likeness (QED) is 0.707. The standard InChI is InChI=1S/C9H17N3O/c1-7(2)9-10-8(3)12(11-9)5-6-13-4/h7H,5-6H2,1-4H3. The Kier molecular flexibility index (Phi) is 3.42. The van der Waals surface area contributed by atoms with Crippen molar-refractivity contribution in [1.82, 2.24) is 14.8 Å². The van der Waals surface area contributed by atoms with Crippen LogP contribution < -0.4 is 0 Å². The number of methoxy groups -OCH3 is 1. The number of nitrogens with zero attached hydrogens (tertiary/aromatic N) is 3. The van der Waals surface area contributed by atoms with E-state index >= 15 is 0 Å². The van der Waals surface area contributed by atoms with Crippen LogP contribution in [0.4, 0.5) is 0 Å². The number of rotatable bonds is 4. The van der Waals surface area contributed by atoms with E-state index in [2.05, 4.69) is 23.9 Å². The lowest BCUT2D eigenvalue weighted by molar-refractivity contribution is 0.182. The van der Waals surface area contributed by atoms with Crippen LogP contribution in [0.3, 0.4) is 0 Å². The number of aryl methyl sites for hydroxylation is 1. The molecule has 0 aromatic carbocycles. The van der Waals surface area contributed by atoms with Crippen molar-refractivity contribution in [1.29, 1.82) is 0 Å². The molecule has 1 rings (SSSR count). The van der Waals surface area contributed by atoms with Gasteiger partial charge < -0.3 is 4.74 Å². The molecule has 0 aliphatic carbocycles. The van der Waals surface area contributed by atoms with Crippen molar-refractivity contribution in [3.8, 4) is 0 Å². The van der Waals surface area contributed by atoms with Crippen molar-refractivity contribution in [3.05, 3.63) is 11.6 Å². The SMILES string of the molecule is COCCn1nc(C(C)C)nc1C. The van der Waals surface area contributed by atoms with Gasteiger partial charge >= 0.3 is 0 Å². The Morgan fingerprint density at radius 1 is 1.46 bits per heavy atom. The van der Waals surface area contributed by atoms with Crippen LogP contribution in [0.25, 0.3) is 0 Å². The highest BCUT2D eigenvalue weighted by Crippen LogP contribution is 2.09. The van der Waals surface area contributed by atoms with Crippen LogP contribution in [0.15, 0.2) is 0 Å². The summed E-state index contributed by atoms with van der Waals surface area (Å²) in [5.41, 5.74) is 0. The molecule has 0 aliphatic heterocycles. The zero-order valence-corrected chi connectivity index (χ0v) is 8.74. The number of hydrogen-bond acceptors (Lipinski definition) is 3. The van der Waals surface area contributed by atoms with Gasteiger partial charge in [-0.15, -0.1) is 0 Å². The molecule has 0 aliphatic rings. The Balaban J connectivity index is 2.71. The second-order valence-electron chi connectivity index (χ2n) is 3.39. The fourth-order valence-electron chi connectivity index (χ4n) is 1.08. The van der Waals surface area contributed by atoms with Crippen LogP contribution in [-0.2, 0) is 11.3 Å². The normalized spacial score (nSPS) is 11.2. The first-order valence-corrected chi connectivity index (χ1v) is 4.55. The van der Waals surface area contributed by atoms with E-state index < -0.39 is 0 Å². The van der Waals surface area contributed by atoms with E-state index in [0.29, 0.717) is 12.5 Å². The van der Waals surface area contributed by atoms with Crippen LogP contribution >= 0.6 is 0 Å². The van der Waals surface area contributed by atoms with E-state index in [1.54, 1.807) is 7.11 Å². The molecule has 0 bridgehead atoms. The number of ether oxygens (including phenoxy) is 1. The molecule has 0 unspecified atom stereocenters. The molecule has 0 fully saturated rings. The van der Waals surface area contributed by atoms with E-state index in [1.807, 2.05) is 11.6 Å². The maximum absolute atomic E-state index is 4.98. The third-order valence-electron chi connectivity index (χ3n) is 1.90. The van der Waals surface area contributed by atoms with Crippen LogP contribution in [0.2, 0.25) is 0 Å². The highest BCUT2D eigenvalue weighted by atomic mass is 16.5. The summed E-state index contributed by atoms with van der Waals surface area (Å²) in [5, 5.41) is 4.37. The van der Waals surface area contributed by atoms with Crippen molar-refractivity contribution in [3.63, 3.8) is 0 Å². The minimum atomic E-state index is 0.391. The predicted molar refractivity (Wildman–Crippen MR) is 50.7 cm³/mol. The highest BCUT2D eigenvalue weighted by Gasteiger charge is 2.08. The molecule has 1 heterocycles. The maximum atomic E-state index is 4.98. The molecule has 4 heteroatoms. The molecule has 1 aromatic rings. The molecular formula is C9H17N3O. The molecule has 13 heavy (non-hydrogen) atoms. The molecule has 0 spiro atoms. The van der Waals surface area contributed by atoms with Gasteiger partial charge in [0, 0.05) is 13.0 Å². The Morgan fingerprint density at radius 2 is 2.15 bits per heavy atom. The average molecular weight is 183 g/mol. The van der Waals surface area contributed by atoms with Crippen molar-refractivity contribution >= 4 is 0 Å². The monoisotopic (exact) mass is 183 g/mol. The molecule has 1 aromatic heterocycles. The van der Waals surface area contributed by atoms with E-state index in [1.165, 1.54) is 0 Å². The van der Waals surface area contributed by atoms with Gasteiger partial charge in [-0.25, -0.2) is 9.67 Å². The summed E-state index contributed by atoms with van der Waals surface area (Å²) in [4.78, 5) is 4.36. The Bertz CT molecular complexity index is 268. The van der Waals surface area contributed by atoms with Gasteiger partial charge in [0.05, 0.1) is 13.2 Å². The van der Waals surface area contributed by atoms with E-state index in [-0.39, 0.29) is 0 Å². The minimum absolute atomic E-state index is 0.391. The lowest BCUT2D eigenvalue weighted by Crippen LogP contribution is -2.07. The zero-order valence-electron chi connectivity index (χ0n) is 8.74. The van der Waals surface area contributed by atoms with Gasteiger partial charge in [-0.1, -0.05) is 13.8 Å². The molecule has 0 radical (unpaired) electrons. The molecule has 0 saturated carbocycles. The van der Waals surface area contributed by atoms with Gasteiger partial charge in [0.15, 0.2) is 5.82 Å². The first-order valence-electron chi connectivity index (χ1n) is 4.55. The lowest BCUT2D eigenvalue weighted by Gasteiger charge is -2.00. The largest absolute Gasteiger partial charge is 0.383 e. The van der Waals surface area contributed by atoms with Gasteiger partial charge in [0.25, 0.3) is 0 Å². The molecule has 4 nitrogen and oxygen atoms in total. The summed E-state index contributed by atoms with van der Waals surface area (Å²) in [6.07, 6.45) is 0. The van der Waals surface area contributed by atoms with E-state index in [0.717, 1.165) is 18.2 Å². The molecule has 0 amide bonds. The smallest absolute Gasteiger partial charge is 0.153 e. The summed E-state index contributed by atoms with van der Waals surface area (Å²) in [5.74, 6) is 2.26. The van der Waals surface area contributed by atoms with Crippen LogP contribution in [0.5, 0.6) is 0 Å². The second kappa shape index (κ2) is 4.37. The Morgan fingerprint density at radius 3 is 2.62 bits per heavy atom. The third-order valence-corrected chi connectivity index (χ3v) is 1.90. The summed E-state index contributed by atoms with van der Waals surface area (Å²) in [6.45, 7) is 7.61. The molecule has 0 atom stereocenters. The fourth-order valence-corrected chi connectivity index (χ4v) is 1.08. The van der Waals surface area contributed by atoms with Crippen molar-refractivity contribution in [2.45, 2.75) is 33.2 Å². The average Bonchev–Trinajstić information content (AvgIpc) is 2.44. The van der Waals surface area contributed by atoms with E-state index in [4.69, 9.17) is 4.74 Å². The Hall–Kier alpha value is -0.900. The van der Waals surface area contributed by atoms with Crippen molar-refractivity contribution < 1.29 is 4.74 Å². The summed E-state index contributed by atoms with van der Waals surface area (Å²) < 4.78 is 6.87. The van der Waals surface area contributed by atoms with Gasteiger partial charge in [0.1, 0.15) is 5.82 Å². The van der Waals surface area contributed by atoms with E-state index in [9.17, 15) is 0 Å². The summed E-state index contributed by atoms with van der Waals surface area (Å²) >= 11 is 0. The summed E-state index contributed by atoms with van der Waals surface area (Å²) in [6, 6.07) is 0. The van der Waals surface area contributed by atoms with Crippen LogP contribution in [0.1, 0.15) is 31.4 Å². The molecular weight excluding hydrogens is 166 g/mol. The molecule has 74 valence electrons. The first-order chi connectivity index (χ1) is 6.15. The van der Waals surface area contributed by atoms with Crippen molar-refractivity contribution in [2.75, 3.05) is 13.7 Å². The van der Waals surface area contributed by atoms with Crippen molar-refractivity contribution in [2.24, 2.45) is 0 Å². The van der Waals surface area contributed by atoms with Gasteiger partial charge in [-0.3, -0.25) is 0 Å². The first kappa shape index (κ1) is 10.2. The lowest BCUT2D eigenvalue weighted by atomic mass is 10.2. The van der Waals surface area contributed by atoms with Gasteiger partial charge in [0.2, 0.25) is 0 Å². The second-order valence-corrected chi connectivity index (χ2v) is 3.39.